The van der Waals surface area contributed by atoms with Crippen molar-refractivity contribution in [1.82, 2.24) is 9.97 Å². The molecule has 1 aromatic rings. The van der Waals surface area contributed by atoms with Crippen molar-refractivity contribution in [1.29, 1.82) is 0 Å². The van der Waals surface area contributed by atoms with Crippen LogP contribution < -0.4 is 5.32 Å². The first-order valence-electron chi connectivity index (χ1n) is 4.63. The molecule has 0 unspecified atom stereocenters. The van der Waals surface area contributed by atoms with Gasteiger partial charge in [0.05, 0.1) is 4.92 Å². The third-order valence-electron chi connectivity index (χ3n) is 2.19. The highest BCUT2D eigenvalue weighted by Crippen LogP contribution is 2.15. The second-order valence-electron chi connectivity index (χ2n) is 3.31. The molecule has 1 aliphatic carbocycles. The van der Waals surface area contributed by atoms with Crippen LogP contribution >= 0.6 is 0 Å². The Morgan fingerprint density at radius 2 is 1.93 bits per heavy atom. The Balaban J connectivity index is 2.00. The predicted molar refractivity (Wildman–Crippen MR) is 54.5 cm³/mol. The Kier molecular flexibility index (Phi) is 2.57. The van der Waals surface area contributed by atoms with E-state index >= 15 is 0 Å². The summed E-state index contributed by atoms with van der Waals surface area (Å²) in [6, 6.07) is 0.312. The molecule has 1 aliphatic rings. The molecule has 2 rings (SSSR count). The number of nitrogens with zero attached hydrogens (tertiary/aromatic N) is 3. The van der Waals surface area contributed by atoms with Gasteiger partial charge in [0.1, 0.15) is 12.4 Å². The lowest BCUT2D eigenvalue weighted by Crippen LogP contribution is -2.16. The van der Waals surface area contributed by atoms with Crippen molar-refractivity contribution in [3.05, 3.63) is 34.7 Å². The lowest BCUT2D eigenvalue weighted by atomic mass is 10.2. The number of nitro groups is 1. The van der Waals surface area contributed by atoms with Gasteiger partial charge < -0.3 is 5.32 Å². The lowest BCUT2D eigenvalue weighted by molar-refractivity contribution is -0.385. The van der Waals surface area contributed by atoms with Gasteiger partial charge in [-0.1, -0.05) is 12.2 Å². The van der Waals surface area contributed by atoms with Gasteiger partial charge in [0.25, 0.3) is 0 Å². The summed E-state index contributed by atoms with van der Waals surface area (Å²) in [7, 11) is 0. The van der Waals surface area contributed by atoms with E-state index in [4.69, 9.17) is 0 Å². The second-order valence-corrected chi connectivity index (χ2v) is 3.31. The third-order valence-corrected chi connectivity index (χ3v) is 2.19. The van der Waals surface area contributed by atoms with Gasteiger partial charge in [0.15, 0.2) is 0 Å². The molecule has 1 heterocycles. The molecule has 0 aromatic carbocycles. The molecule has 78 valence electrons. The Morgan fingerprint density at radius 3 is 2.47 bits per heavy atom. The molecular formula is C9H10N4O2. The Hall–Kier alpha value is -1.98. The number of hydrogen-bond donors (Lipinski definition) is 1. The highest BCUT2D eigenvalue weighted by molar-refractivity contribution is 5.32. The van der Waals surface area contributed by atoms with Crippen molar-refractivity contribution < 1.29 is 4.92 Å². The first-order valence-corrected chi connectivity index (χ1v) is 4.63. The highest BCUT2D eigenvalue weighted by atomic mass is 16.6. The maximum absolute atomic E-state index is 10.4. The minimum absolute atomic E-state index is 0.0925. The molecule has 0 radical (unpaired) electrons. The van der Waals surface area contributed by atoms with E-state index in [0.717, 1.165) is 12.8 Å². The van der Waals surface area contributed by atoms with Gasteiger partial charge in [-0.3, -0.25) is 10.1 Å². The van der Waals surface area contributed by atoms with Gasteiger partial charge in [0.2, 0.25) is 5.95 Å². The van der Waals surface area contributed by atoms with E-state index in [-0.39, 0.29) is 5.69 Å². The molecule has 15 heavy (non-hydrogen) atoms. The van der Waals surface area contributed by atoms with Crippen molar-refractivity contribution in [2.24, 2.45) is 0 Å². The zero-order chi connectivity index (χ0) is 10.7. The van der Waals surface area contributed by atoms with E-state index in [1.807, 2.05) is 0 Å². The minimum atomic E-state index is -0.513. The van der Waals surface area contributed by atoms with E-state index in [1.165, 1.54) is 12.4 Å². The summed E-state index contributed by atoms with van der Waals surface area (Å²) in [4.78, 5) is 17.6. The molecule has 0 saturated heterocycles. The van der Waals surface area contributed by atoms with Gasteiger partial charge in [-0.25, -0.2) is 9.97 Å². The number of nitrogens with one attached hydrogen (secondary N) is 1. The van der Waals surface area contributed by atoms with Crippen LogP contribution in [0.1, 0.15) is 12.8 Å². The Labute approximate surface area is 86.2 Å². The van der Waals surface area contributed by atoms with Crippen LogP contribution in [0.5, 0.6) is 0 Å². The quantitative estimate of drug-likeness (QED) is 0.460. The normalized spacial score (nSPS) is 15.5. The van der Waals surface area contributed by atoms with Gasteiger partial charge in [-0.15, -0.1) is 0 Å². The van der Waals surface area contributed by atoms with Crippen molar-refractivity contribution in [2.45, 2.75) is 18.9 Å². The van der Waals surface area contributed by atoms with Crippen molar-refractivity contribution in [3.8, 4) is 0 Å². The van der Waals surface area contributed by atoms with E-state index in [0.29, 0.717) is 12.0 Å². The van der Waals surface area contributed by atoms with Gasteiger partial charge in [-0.05, 0) is 12.8 Å². The molecule has 6 nitrogen and oxygen atoms in total. The zero-order valence-electron chi connectivity index (χ0n) is 7.96. The van der Waals surface area contributed by atoms with Crippen LogP contribution in [0.25, 0.3) is 0 Å². The summed E-state index contributed by atoms with van der Waals surface area (Å²) in [5.74, 6) is 0.439. The Bertz CT molecular complexity index is 380. The van der Waals surface area contributed by atoms with Crippen molar-refractivity contribution in [3.63, 3.8) is 0 Å². The summed E-state index contributed by atoms with van der Waals surface area (Å²) in [6.07, 6.45) is 8.47. The van der Waals surface area contributed by atoms with Gasteiger partial charge in [0, 0.05) is 6.04 Å². The predicted octanol–water partition coefficient (Wildman–Crippen LogP) is 1.52. The van der Waals surface area contributed by atoms with E-state index in [1.54, 1.807) is 0 Å². The van der Waals surface area contributed by atoms with E-state index in [2.05, 4.69) is 27.4 Å². The molecule has 0 atom stereocenters. The maximum Gasteiger partial charge on any atom is 0.305 e. The summed E-state index contributed by atoms with van der Waals surface area (Å²) >= 11 is 0. The highest BCUT2D eigenvalue weighted by Gasteiger charge is 2.12. The van der Waals surface area contributed by atoms with Crippen molar-refractivity contribution >= 4 is 11.6 Å². The van der Waals surface area contributed by atoms with Crippen LogP contribution in [0.2, 0.25) is 0 Å². The minimum Gasteiger partial charge on any atom is -0.351 e. The molecule has 0 saturated carbocycles. The van der Waals surface area contributed by atoms with Gasteiger partial charge >= 0.3 is 5.69 Å². The molecule has 0 fully saturated rings. The second kappa shape index (κ2) is 4.04. The van der Waals surface area contributed by atoms with E-state index < -0.39 is 4.92 Å². The zero-order valence-corrected chi connectivity index (χ0v) is 7.96. The number of hydrogen-bond acceptors (Lipinski definition) is 5. The summed E-state index contributed by atoms with van der Waals surface area (Å²) in [5, 5.41) is 13.5. The van der Waals surface area contributed by atoms with Crippen LogP contribution in [-0.2, 0) is 0 Å². The smallest absolute Gasteiger partial charge is 0.305 e. The summed E-state index contributed by atoms with van der Waals surface area (Å²) in [6.45, 7) is 0. The first kappa shape index (κ1) is 9.57. The molecule has 6 heteroatoms. The van der Waals surface area contributed by atoms with Gasteiger partial charge in [-0.2, -0.15) is 0 Å². The maximum atomic E-state index is 10.4. The van der Waals surface area contributed by atoms with Crippen LogP contribution in [0.3, 0.4) is 0 Å². The average molecular weight is 206 g/mol. The van der Waals surface area contributed by atoms with E-state index in [9.17, 15) is 10.1 Å². The lowest BCUT2D eigenvalue weighted by Gasteiger charge is -2.10. The Morgan fingerprint density at radius 1 is 1.33 bits per heavy atom. The summed E-state index contributed by atoms with van der Waals surface area (Å²) < 4.78 is 0. The average Bonchev–Trinajstić information content (AvgIpc) is 2.71. The monoisotopic (exact) mass is 206 g/mol. The largest absolute Gasteiger partial charge is 0.351 e. The molecule has 0 bridgehead atoms. The van der Waals surface area contributed by atoms with Crippen LogP contribution in [0.15, 0.2) is 24.5 Å². The molecule has 0 aliphatic heterocycles. The molecular weight excluding hydrogens is 196 g/mol. The molecule has 0 amide bonds. The first-order chi connectivity index (χ1) is 7.25. The summed E-state index contributed by atoms with van der Waals surface area (Å²) in [5.41, 5.74) is -0.0925. The number of aromatic nitrogens is 2. The number of anilines is 1. The molecule has 1 N–H and O–H groups in total. The topological polar surface area (TPSA) is 81.0 Å². The van der Waals surface area contributed by atoms with Crippen LogP contribution in [0.4, 0.5) is 11.6 Å². The molecule has 1 aromatic heterocycles. The van der Waals surface area contributed by atoms with Crippen LogP contribution in [0, 0.1) is 10.1 Å². The fourth-order valence-corrected chi connectivity index (χ4v) is 1.41. The fraction of sp³-hybridized carbons (Fsp3) is 0.333. The van der Waals surface area contributed by atoms with Crippen molar-refractivity contribution in [2.75, 3.05) is 5.32 Å². The number of rotatable bonds is 3. The SMILES string of the molecule is O=[N+]([O-])c1cnc(NC2CC=CC2)nc1. The standard InChI is InChI=1S/C9H10N4O2/c14-13(15)8-5-10-9(11-6-8)12-7-3-1-2-4-7/h1-2,5-7H,3-4H2,(H,10,11,12). The van der Waals surface area contributed by atoms with Crippen LogP contribution in [-0.4, -0.2) is 20.9 Å². The fourth-order valence-electron chi connectivity index (χ4n) is 1.41. The molecule has 0 spiro atoms. The third kappa shape index (κ3) is 2.28.